The van der Waals surface area contributed by atoms with Crippen molar-refractivity contribution in [3.8, 4) is 0 Å². The number of pyridine rings is 1. The summed E-state index contributed by atoms with van der Waals surface area (Å²) in [5.41, 5.74) is 1.11. The molecule has 3 heteroatoms. The van der Waals surface area contributed by atoms with Crippen molar-refractivity contribution in [1.82, 2.24) is 9.88 Å². The minimum atomic E-state index is 0.208. The second-order valence-electron chi connectivity index (χ2n) is 3.36. The van der Waals surface area contributed by atoms with Crippen molar-refractivity contribution in [1.29, 1.82) is 0 Å². The molecule has 2 rings (SSSR count). The molecule has 1 aliphatic heterocycles. The van der Waals surface area contributed by atoms with E-state index in [9.17, 15) is 4.79 Å². The van der Waals surface area contributed by atoms with Gasteiger partial charge < -0.3 is 4.90 Å². The molecular formula is C13H16N2O. The molecule has 1 aliphatic rings. The van der Waals surface area contributed by atoms with Crippen LogP contribution in [0, 0.1) is 0 Å². The number of likely N-dealkylation sites (tertiary alicyclic amines) is 1. The van der Waals surface area contributed by atoms with Crippen molar-refractivity contribution in [2.24, 2.45) is 0 Å². The summed E-state index contributed by atoms with van der Waals surface area (Å²) < 4.78 is 0. The number of carbonyl (C=O) groups excluding carboxylic acids is 1. The first-order chi connectivity index (χ1) is 7.77. The maximum Gasteiger partial charge on any atom is 0.226 e. The quantitative estimate of drug-likeness (QED) is 0.761. The standard InChI is InChI=1S/C7H7N.C6H9NO/c1-2-7-3-5-8-6-4-7;1-2-7-5-3-4-6(7)8/h2-6H,1H2;2H,1,3-5H2. The molecule has 1 aromatic heterocycles. The number of rotatable bonds is 2. The minimum Gasteiger partial charge on any atom is -0.320 e. The molecule has 0 aromatic carbocycles. The van der Waals surface area contributed by atoms with Crippen LogP contribution in [0.1, 0.15) is 18.4 Å². The molecule has 0 saturated carbocycles. The highest BCUT2D eigenvalue weighted by Crippen LogP contribution is 2.08. The lowest BCUT2D eigenvalue weighted by molar-refractivity contribution is -0.125. The molecule has 0 bridgehead atoms. The smallest absolute Gasteiger partial charge is 0.226 e. The normalized spacial score (nSPS) is 14.0. The molecular weight excluding hydrogens is 200 g/mol. The predicted octanol–water partition coefficient (Wildman–Crippen LogP) is 2.48. The zero-order valence-corrected chi connectivity index (χ0v) is 9.30. The van der Waals surface area contributed by atoms with E-state index in [0.29, 0.717) is 6.42 Å². The van der Waals surface area contributed by atoms with Gasteiger partial charge in [0.25, 0.3) is 0 Å². The third kappa shape index (κ3) is 3.69. The molecule has 0 N–H and O–H groups in total. The summed E-state index contributed by atoms with van der Waals surface area (Å²) in [6.45, 7) is 7.96. The summed E-state index contributed by atoms with van der Waals surface area (Å²) in [7, 11) is 0. The lowest BCUT2D eigenvalue weighted by Crippen LogP contribution is -2.16. The van der Waals surface area contributed by atoms with E-state index < -0.39 is 0 Å². The summed E-state index contributed by atoms with van der Waals surface area (Å²) in [6.07, 6.45) is 8.57. The average molecular weight is 216 g/mol. The van der Waals surface area contributed by atoms with Gasteiger partial charge in [-0.05, 0) is 30.3 Å². The third-order valence-electron chi connectivity index (χ3n) is 2.27. The van der Waals surface area contributed by atoms with Crippen molar-refractivity contribution < 1.29 is 4.79 Å². The van der Waals surface area contributed by atoms with Gasteiger partial charge in [-0.1, -0.05) is 19.2 Å². The van der Waals surface area contributed by atoms with Gasteiger partial charge in [0, 0.05) is 25.4 Å². The summed E-state index contributed by atoms with van der Waals surface area (Å²) in [5.74, 6) is 0.208. The van der Waals surface area contributed by atoms with Gasteiger partial charge in [-0.25, -0.2) is 0 Å². The van der Waals surface area contributed by atoms with Gasteiger partial charge in [-0.2, -0.15) is 0 Å². The molecule has 1 aromatic rings. The minimum absolute atomic E-state index is 0.208. The van der Waals surface area contributed by atoms with Crippen LogP contribution in [0.5, 0.6) is 0 Å². The Morgan fingerprint density at radius 1 is 1.31 bits per heavy atom. The molecule has 3 nitrogen and oxygen atoms in total. The second kappa shape index (κ2) is 6.56. The molecule has 84 valence electrons. The van der Waals surface area contributed by atoms with Crippen LogP contribution in [0.4, 0.5) is 0 Å². The van der Waals surface area contributed by atoms with E-state index in [1.807, 2.05) is 12.1 Å². The number of hydrogen-bond donors (Lipinski definition) is 0. The topological polar surface area (TPSA) is 33.2 Å². The van der Waals surface area contributed by atoms with Crippen LogP contribution >= 0.6 is 0 Å². The molecule has 0 atom stereocenters. The Balaban J connectivity index is 0.000000160. The lowest BCUT2D eigenvalue weighted by Gasteiger charge is -2.05. The molecule has 0 unspecified atom stereocenters. The van der Waals surface area contributed by atoms with Crippen LogP contribution in [0.3, 0.4) is 0 Å². The van der Waals surface area contributed by atoms with Gasteiger partial charge in [0.1, 0.15) is 0 Å². The predicted molar refractivity (Wildman–Crippen MR) is 65.5 cm³/mol. The van der Waals surface area contributed by atoms with E-state index >= 15 is 0 Å². The zero-order chi connectivity index (χ0) is 11.8. The zero-order valence-electron chi connectivity index (χ0n) is 9.30. The number of carbonyl (C=O) groups is 1. The average Bonchev–Trinajstić information content (AvgIpc) is 2.76. The summed E-state index contributed by atoms with van der Waals surface area (Å²) in [4.78, 5) is 16.2. The monoisotopic (exact) mass is 216 g/mol. The third-order valence-corrected chi connectivity index (χ3v) is 2.27. The van der Waals surface area contributed by atoms with Crippen molar-refractivity contribution in [2.75, 3.05) is 6.54 Å². The molecule has 0 radical (unpaired) electrons. The van der Waals surface area contributed by atoms with Crippen molar-refractivity contribution in [2.45, 2.75) is 12.8 Å². The fourth-order valence-corrected chi connectivity index (χ4v) is 1.36. The van der Waals surface area contributed by atoms with E-state index in [1.54, 1.807) is 29.6 Å². The van der Waals surface area contributed by atoms with Gasteiger partial charge in [0.15, 0.2) is 0 Å². The van der Waals surface area contributed by atoms with Gasteiger partial charge in [0.2, 0.25) is 5.91 Å². The molecule has 0 spiro atoms. The highest BCUT2D eigenvalue weighted by atomic mass is 16.2. The maximum absolute atomic E-state index is 10.7. The van der Waals surface area contributed by atoms with Crippen LogP contribution in [-0.4, -0.2) is 22.3 Å². The van der Waals surface area contributed by atoms with Crippen molar-refractivity contribution in [3.05, 3.63) is 49.4 Å². The Morgan fingerprint density at radius 2 is 2.00 bits per heavy atom. The van der Waals surface area contributed by atoms with E-state index in [-0.39, 0.29) is 5.91 Å². The number of nitrogens with zero attached hydrogens (tertiary/aromatic N) is 2. The first-order valence-corrected chi connectivity index (χ1v) is 5.22. The fourth-order valence-electron chi connectivity index (χ4n) is 1.36. The van der Waals surface area contributed by atoms with Gasteiger partial charge in [-0.15, -0.1) is 0 Å². The van der Waals surface area contributed by atoms with Gasteiger partial charge >= 0.3 is 0 Å². The largest absolute Gasteiger partial charge is 0.320 e. The van der Waals surface area contributed by atoms with E-state index in [2.05, 4.69) is 18.1 Å². The maximum atomic E-state index is 10.7. The molecule has 1 saturated heterocycles. The summed E-state index contributed by atoms with van der Waals surface area (Å²) in [5, 5.41) is 0. The lowest BCUT2D eigenvalue weighted by atomic mass is 10.3. The van der Waals surface area contributed by atoms with Gasteiger partial charge in [-0.3, -0.25) is 9.78 Å². The first kappa shape index (κ1) is 12.2. The fraction of sp³-hybridized carbons (Fsp3) is 0.231. The second-order valence-corrected chi connectivity index (χ2v) is 3.36. The van der Waals surface area contributed by atoms with E-state index in [1.165, 1.54) is 0 Å². The summed E-state index contributed by atoms with van der Waals surface area (Å²) >= 11 is 0. The SMILES string of the molecule is C=CN1CCCC1=O.C=Cc1ccncc1. The first-order valence-electron chi connectivity index (χ1n) is 5.22. The molecule has 1 amide bonds. The van der Waals surface area contributed by atoms with Crippen molar-refractivity contribution in [3.63, 3.8) is 0 Å². The molecule has 0 aliphatic carbocycles. The highest BCUT2D eigenvalue weighted by molar-refractivity contribution is 5.78. The van der Waals surface area contributed by atoms with Crippen LogP contribution in [0.15, 0.2) is 43.9 Å². The number of hydrogen-bond acceptors (Lipinski definition) is 2. The Bertz CT molecular complexity index is 359. The van der Waals surface area contributed by atoms with Crippen molar-refractivity contribution >= 4 is 12.0 Å². The van der Waals surface area contributed by atoms with Crippen LogP contribution in [-0.2, 0) is 4.79 Å². The van der Waals surface area contributed by atoms with Crippen LogP contribution in [0.25, 0.3) is 6.08 Å². The van der Waals surface area contributed by atoms with E-state index in [0.717, 1.165) is 18.5 Å². The van der Waals surface area contributed by atoms with E-state index in [4.69, 9.17) is 0 Å². The number of amides is 1. The Morgan fingerprint density at radius 3 is 2.31 bits per heavy atom. The molecule has 16 heavy (non-hydrogen) atoms. The Hall–Kier alpha value is -1.90. The Kier molecular flexibility index (Phi) is 4.99. The van der Waals surface area contributed by atoms with Gasteiger partial charge in [0.05, 0.1) is 0 Å². The highest BCUT2D eigenvalue weighted by Gasteiger charge is 2.15. The molecule has 2 heterocycles. The Labute approximate surface area is 96.1 Å². The molecule has 1 fully saturated rings. The summed E-state index contributed by atoms with van der Waals surface area (Å²) in [6, 6.07) is 3.82. The van der Waals surface area contributed by atoms with Crippen LogP contribution in [0.2, 0.25) is 0 Å². The number of aromatic nitrogens is 1. The van der Waals surface area contributed by atoms with Crippen LogP contribution < -0.4 is 0 Å².